The molecule has 2 unspecified atom stereocenters. The van der Waals surface area contributed by atoms with Gasteiger partial charge in [0, 0.05) is 10.6 Å². The van der Waals surface area contributed by atoms with Crippen molar-refractivity contribution in [3.05, 3.63) is 54.1 Å². The van der Waals surface area contributed by atoms with Crippen molar-refractivity contribution in [2.45, 2.75) is 23.5 Å². The Labute approximate surface area is 139 Å². The number of fused-ring (bicyclic) bond motifs is 2. The molecule has 4 nitrogen and oxygen atoms in total. The number of amides is 1. The van der Waals surface area contributed by atoms with Gasteiger partial charge in [0.2, 0.25) is 6.10 Å². The number of thioether (sulfide) groups is 1. The van der Waals surface area contributed by atoms with E-state index in [9.17, 15) is 4.79 Å². The van der Waals surface area contributed by atoms with Crippen LogP contribution in [-0.2, 0) is 4.79 Å². The van der Waals surface area contributed by atoms with Crippen LogP contribution in [0.25, 0.3) is 0 Å². The minimum absolute atomic E-state index is 0.0423. The summed E-state index contributed by atoms with van der Waals surface area (Å²) in [5, 5.41) is 3.12. The number of carbonyl (C=O) groups excluding carboxylic acids is 1. The fourth-order valence-corrected chi connectivity index (χ4v) is 4.03. The molecule has 2 aliphatic heterocycles. The molecule has 118 valence electrons. The summed E-state index contributed by atoms with van der Waals surface area (Å²) >= 11 is 1.84. The van der Waals surface area contributed by atoms with Crippen LogP contribution in [0.15, 0.2) is 53.4 Å². The van der Waals surface area contributed by atoms with Crippen molar-refractivity contribution < 1.29 is 14.3 Å². The minimum atomic E-state index is -0.605. The molecule has 0 fully saturated rings. The monoisotopic (exact) mass is 327 g/mol. The smallest absolute Gasteiger partial charge is 0.265 e. The van der Waals surface area contributed by atoms with Crippen molar-refractivity contribution in [3.8, 4) is 11.5 Å². The fraction of sp³-hybridized carbons (Fsp3) is 0.278. The second-order valence-electron chi connectivity index (χ2n) is 5.60. The molecule has 2 atom stereocenters. The average Bonchev–Trinajstić information content (AvgIpc) is 2.61. The van der Waals surface area contributed by atoms with Crippen molar-refractivity contribution >= 4 is 17.7 Å². The quantitative estimate of drug-likeness (QED) is 0.920. The van der Waals surface area contributed by atoms with Gasteiger partial charge in [0.05, 0.1) is 6.04 Å². The lowest BCUT2D eigenvalue weighted by molar-refractivity contribution is -0.131. The van der Waals surface area contributed by atoms with Gasteiger partial charge in [0.25, 0.3) is 5.91 Å². The molecular formula is C18H17NO3S. The second-order valence-corrected chi connectivity index (χ2v) is 6.74. The Morgan fingerprint density at radius 1 is 1.09 bits per heavy atom. The van der Waals surface area contributed by atoms with E-state index in [1.165, 1.54) is 10.5 Å². The number of ether oxygens (including phenoxy) is 2. The van der Waals surface area contributed by atoms with Gasteiger partial charge in [-0.2, -0.15) is 0 Å². The summed E-state index contributed by atoms with van der Waals surface area (Å²) in [5.74, 6) is 2.20. The first-order chi connectivity index (χ1) is 11.3. The average molecular weight is 327 g/mol. The highest BCUT2D eigenvalue weighted by molar-refractivity contribution is 7.99. The van der Waals surface area contributed by atoms with Crippen LogP contribution in [0.1, 0.15) is 18.0 Å². The predicted octanol–water partition coefficient (Wildman–Crippen LogP) is 3.18. The normalized spacial score (nSPS) is 22.1. The zero-order valence-corrected chi connectivity index (χ0v) is 13.3. The highest BCUT2D eigenvalue weighted by atomic mass is 32.2. The predicted molar refractivity (Wildman–Crippen MR) is 89.0 cm³/mol. The number of para-hydroxylation sites is 2. The largest absolute Gasteiger partial charge is 0.485 e. The summed E-state index contributed by atoms with van der Waals surface area (Å²) in [6.45, 7) is 0.242. The van der Waals surface area contributed by atoms with E-state index in [0.29, 0.717) is 11.5 Å². The van der Waals surface area contributed by atoms with E-state index in [0.717, 1.165) is 12.2 Å². The van der Waals surface area contributed by atoms with Crippen LogP contribution in [0.4, 0.5) is 0 Å². The Hall–Kier alpha value is -2.14. The molecule has 5 heteroatoms. The van der Waals surface area contributed by atoms with Crippen LogP contribution in [0.2, 0.25) is 0 Å². The summed E-state index contributed by atoms with van der Waals surface area (Å²) in [5.41, 5.74) is 1.19. The summed E-state index contributed by atoms with van der Waals surface area (Å²) in [4.78, 5) is 13.8. The number of hydrogen-bond acceptors (Lipinski definition) is 4. The molecule has 0 aromatic heterocycles. The molecule has 0 bridgehead atoms. The first-order valence-electron chi connectivity index (χ1n) is 7.72. The van der Waals surface area contributed by atoms with Gasteiger partial charge in [-0.3, -0.25) is 4.79 Å². The van der Waals surface area contributed by atoms with E-state index >= 15 is 0 Å². The minimum Gasteiger partial charge on any atom is -0.485 e. The fourth-order valence-electron chi connectivity index (χ4n) is 2.91. The first-order valence-corrected chi connectivity index (χ1v) is 8.70. The Bertz CT molecular complexity index is 734. The van der Waals surface area contributed by atoms with Gasteiger partial charge >= 0.3 is 0 Å². The lowest BCUT2D eigenvalue weighted by Crippen LogP contribution is -2.45. The highest BCUT2D eigenvalue weighted by Crippen LogP contribution is 2.36. The van der Waals surface area contributed by atoms with Crippen LogP contribution in [0.5, 0.6) is 11.5 Å². The number of nitrogens with one attached hydrogen (secondary N) is 1. The molecule has 2 heterocycles. The number of benzene rings is 2. The van der Waals surface area contributed by atoms with Crippen LogP contribution >= 0.6 is 11.8 Å². The molecule has 4 rings (SSSR count). The van der Waals surface area contributed by atoms with Crippen molar-refractivity contribution in [2.75, 3.05) is 12.4 Å². The molecule has 0 radical (unpaired) electrons. The van der Waals surface area contributed by atoms with E-state index in [1.54, 1.807) is 0 Å². The topological polar surface area (TPSA) is 47.6 Å². The van der Waals surface area contributed by atoms with Crippen molar-refractivity contribution in [3.63, 3.8) is 0 Å². The zero-order chi connectivity index (χ0) is 15.6. The molecule has 2 aliphatic rings. The van der Waals surface area contributed by atoms with E-state index in [1.807, 2.05) is 48.2 Å². The van der Waals surface area contributed by atoms with Crippen LogP contribution in [0, 0.1) is 0 Å². The lowest BCUT2D eigenvalue weighted by Gasteiger charge is -2.30. The summed E-state index contributed by atoms with van der Waals surface area (Å²) in [6.07, 6.45) is 0.323. The Morgan fingerprint density at radius 3 is 2.78 bits per heavy atom. The molecule has 1 N–H and O–H groups in total. The standard InChI is InChI=1S/C18H17NO3S/c20-18(16-11-21-14-6-2-3-7-15(14)22-16)19-13-9-10-23-17-8-4-1-5-12(13)17/h1-8,13,16H,9-11H2,(H,19,20). The zero-order valence-electron chi connectivity index (χ0n) is 12.5. The maximum Gasteiger partial charge on any atom is 0.265 e. The Balaban J connectivity index is 1.47. The maximum atomic E-state index is 12.6. The molecule has 1 amide bonds. The number of hydrogen-bond donors (Lipinski definition) is 1. The SMILES string of the molecule is O=C(NC1CCSc2ccccc21)C1COc2ccccc2O1. The number of rotatable bonds is 2. The van der Waals surface area contributed by atoms with E-state index in [-0.39, 0.29) is 18.6 Å². The first kappa shape index (κ1) is 14.5. The summed E-state index contributed by atoms with van der Waals surface area (Å²) < 4.78 is 11.4. The molecule has 0 spiro atoms. The molecule has 0 saturated carbocycles. The molecule has 0 saturated heterocycles. The maximum absolute atomic E-state index is 12.6. The van der Waals surface area contributed by atoms with Crippen LogP contribution in [0.3, 0.4) is 0 Å². The lowest BCUT2D eigenvalue weighted by atomic mass is 10.0. The molecular weight excluding hydrogens is 310 g/mol. The molecule has 23 heavy (non-hydrogen) atoms. The third-order valence-corrected chi connectivity index (χ3v) is 5.20. The second kappa shape index (κ2) is 6.16. The Morgan fingerprint density at radius 2 is 1.87 bits per heavy atom. The van der Waals surface area contributed by atoms with Crippen LogP contribution < -0.4 is 14.8 Å². The number of carbonyl (C=O) groups is 1. The molecule has 0 aliphatic carbocycles. The van der Waals surface area contributed by atoms with Crippen molar-refractivity contribution in [1.82, 2.24) is 5.32 Å². The molecule has 2 aromatic carbocycles. The van der Waals surface area contributed by atoms with E-state index < -0.39 is 6.10 Å². The van der Waals surface area contributed by atoms with Gasteiger partial charge in [-0.25, -0.2) is 0 Å². The van der Waals surface area contributed by atoms with Crippen molar-refractivity contribution in [2.24, 2.45) is 0 Å². The highest BCUT2D eigenvalue weighted by Gasteiger charge is 2.30. The van der Waals surface area contributed by atoms with Gasteiger partial charge in [0.1, 0.15) is 6.61 Å². The van der Waals surface area contributed by atoms with Gasteiger partial charge in [-0.15, -0.1) is 11.8 Å². The van der Waals surface area contributed by atoms with E-state index in [2.05, 4.69) is 17.4 Å². The van der Waals surface area contributed by atoms with Gasteiger partial charge in [0.15, 0.2) is 11.5 Å². The van der Waals surface area contributed by atoms with Gasteiger partial charge < -0.3 is 14.8 Å². The van der Waals surface area contributed by atoms with Crippen molar-refractivity contribution in [1.29, 1.82) is 0 Å². The summed E-state index contributed by atoms with van der Waals surface area (Å²) in [7, 11) is 0. The Kier molecular flexibility index (Phi) is 3.87. The van der Waals surface area contributed by atoms with Gasteiger partial charge in [-0.1, -0.05) is 30.3 Å². The molecule has 2 aromatic rings. The van der Waals surface area contributed by atoms with E-state index in [4.69, 9.17) is 9.47 Å². The third kappa shape index (κ3) is 2.88. The third-order valence-electron chi connectivity index (χ3n) is 4.08. The summed E-state index contributed by atoms with van der Waals surface area (Å²) in [6, 6.07) is 15.7. The van der Waals surface area contributed by atoms with Gasteiger partial charge in [-0.05, 0) is 30.2 Å². The van der Waals surface area contributed by atoms with Crippen LogP contribution in [-0.4, -0.2) is 24.4 Å².